The third-order valence-corrected chi connectivity index (χ3v) is 6.10. The van der Waals surface area contributed by atoms with Crippen LogP contribution in [0.2, 0.25) is 0 Å². The number of hydrogen-bond acceptors (Lipinski definition) is 6. The van der Waals surface area contributed by atoms with Crippen molar-refractivity contribution in [2.24, 2.45) is 5.73 Å². The lowest BCUT2D eigenvalue weighted by molar-refractivity contribution is -0.145. The highest BCUT2D eigenvalue weighted by Crippen LogP contribution is 2.25. The standard InChI is InChI=1S/C28H29N3O5/c1-35-28(34)23-17-19-12-14-21(15-13-19)36-25(20-10-6-3-7-11-20)24(29)27(33)30-22(26(32)31-23)16-18-8-4-2-5-9-18/h2-15,22-25H,16-17,29H2,1H3,(H,30,33)(H,31,32)/t22-,23-,24-,25+/m0/s1. The third kappa shape index (κ3) is 6.09. The average Bonchev–Trinajstić information content (AvgIpc) is 2.91. The quantitative estimate of drug-likeness (QED) is 0.485. The number of esters is 1. The Bertz CT molecular complexity index is 1180. The fourth-order valence-electron chi connectivity index (χ4n) is 4.15. The van der Waals surface area contributed by atoms with E-state index in [4.69, 9.17) is 15.2 Å². The van der Waals surface area contributed by atoms with Crippen LogP contribution in [0.4, 0.5) is 0 Å². The van der Waals surface area contributed by atoms with Crippen molar-refractivity contribution in [1.82, 2.24) is 10.6 Å². The lowest BCUT2D eigenvalue weighted by atomic mass is 9.99. The Balaban J connectivity index is 1.72. The molecule has 2 bridgehead atoms. The first-order valence-electron chi connectivity index (χ1n) is 11.7. The number of methoxy groups -OCH3 is 1. The molecular formula is C28H29N3O5. The Labute approximate surface area is 209 Å². The lowest BCUT2D eigenvalue weighted by Crippen LogP contribution is -2.57. The number of ether oxygens (including phenoxy) is 2. The first kappa shape index (κ1) is 24.9. The predicted molar refractivity (Wildman–Crippen MR) is 134 cm³/mol. The van der Waals surface area contributed by atoms with Gasteiger partial charge in [-0.25, -0.2) is 4.79 Å². The van der Waals surface area contributed by atoms with Gasteiger partial charge in [-0.1, -0.05) is 72.8 Å². The molecule has 5 rings (SSSR count). The normalized spacial score (nSPS) is 22.5. The highest BCUT2D eigenvalue weighted by molar-refractivity contribution is 5.92. The summed E-state index contributed by atoms with van der Waals surface area (Å²) in [5.41, 5.74) is 8.80. The van der Waals surface area contributed by atoms with Crippen molar-refractivity contribution >= 4 is 17.8 Å². The Hall–Kier alpha value is -4.17. The Morgan fingerprint density at radius 3 is 2.19 bits per heavy atom. The van der Waals surface area contributed by atoms with Gasteiger partial charge < -0.3 is 25.8 Å². The Morgan fingerprint density at radius 2 is 1.56 bits per heavy atom. The molecule has 2 amide bonds. The Morgan fingerprint density at radius 1 is 0.917 bits per heavy atom. The maximum absolute atomic E-state index is 13.4. The van der Waals surface area contributed by atoms with Crippen molar-refractivity contribution in [2.45, 2.75) is 37.1 Å². The summed E-state index contributed by atoms with van der Waals surface area (Å²) in [6.07, 6.45) is -0.362. The first-order chi connectivity index (χ1) is 17.4. The van der Waals surface area contributed by atoms with Gasteiger partial charge in [-0.2, -0.15) is 0 Å². The molecule has 186 valence electrons. The van der Waals surface area contributed by atoms with Crippen LogP contribution < -0.4 is 21.1 Å². The number of nitrogens with two attached hydrogens (primary N) is 1. The molecule has 2 aliphatic rings. The zero-order chi connectivity index (χ0) is 25.5. The summed E-state index contributed by atoms with van der Waals surface area (Å²) in [7, 11) is 1.27. The van der Waals surface area contributed by atoms with E-state index in [1.165, 1.54) is 7.11 Å². The van der Waals surface area contributed by atoms with E-state index in [1.807, 2.05) is 60.7 Å². The fraction of sp³-hybridized carbons (Fsp3) is 0.250. The predicted octanol–water partition coefficient (Wildman–Crippen LogP) is 2.08. The van der Waals surface area contributed by atoms with Crippen LogP contribution in [-0.4, -0.2) is 43.0 Å². The number of hydrogen-bond donors (Lipinski definition) is 3. The fourth-order valence-corrected chi connectivity index (χ4v) is 4.15. The molecule has 2 aliphatic heterocycles. The van der Waals surface area contributed by atoms with Gasteiger partial charge in [0, 0.05) is 12.8 Å². The lowest BCUT2D eigenvalue weighted by Gasteiger charge is -2.28. The average molecular weight is 488 g/mol. The van der Waals surface area contributed by atoms with Crippen LogP contribution in [0, 0.1) is 0 Å². The smallest absolute Gasteiger partial charge is 0.328 e. The second-order valence-electron chi connectivity index (χ2n) is 8.66. The second-order valence-corrected chi connectivity index (χ2v) is 8.66. The van der Waals surface area contributed by atoms with Crippen molar-refractivity contribution in [3.63, 3.8) is 0 Å². The van der Waals surface area contributed by atoms with E-state index in [1.54, 1.807) is 24.3 Å². The van der Waals surface area contributed by atoms with Gasteiger partial charge in [-0.05, 0) is 28.8 Å². The molecule has 8 nitrogen and oxygen atoms in total. The monoisotopic (exact) mass is 487 g/mol. The van der Waals surface area contributed by atoms with Gasteiger partial charge in [0.2, 0.25) is 11.8 Å². The molecule has 0 radical (unpaired) electrons. The zero-order valence-corrected chi connectivity index (χ0v) is 19.9. The first-order valence-corrected chi connectivity index (χ1v) is 11.7. The van der Waals surface area contributed by atoms with E-state index >= 15 is 0 Å². The molecular weight excluding hydrogens is 458 g/mol. The van der Waals surface area contributed by atoms with Crippen molar-refractivity contribution in [3.8, 4) is 5.75 Å². The van der Waals surface area contributed by atoms with Gasteiger partial charge in [0.05, 0.1) is 7.11 Å². The molecule has 3 aromatic rings. The van der Waals surface area contributed by atoms with Crippen molar-refractivity contribution in [1.29, 1.82) is 0 Å². The summed E-state index contributed by atoms with van der Waals surface area (Å²) in [6.45, 7) is 0. The highest BCUT2D eigenvalue weighted by atomic mass is 16.5. The second kappa shape index (κ2) is 11.5. The molecule has 0 spiro atoms. The molecule has 0 aliphatic carbocycles. The van der Waals surface area contributed by atoms with Gasteiger partial charge in [-0.15, -0.1) is 0 Å². The molecule has 36 heavy (non-hydrogen) atoms. The van der Waals surface area contributed by atoms with E-state index in [2.05, 4.69) is 10.6 Å². The van der Waals surface area contributed by atoms with Gasteiger partial charge in [-0.3, -0.25) is 9.59 Å². The SMILES string of the molecule is COC(=O)[C@@H]1Cc2ccc(cc2)O[C@H](c2ccccc2)[C@H](N)C(=O)N[C@@H](Cc2ccccc2)C(=O)N1. The van der Waals surface area contributed by atoms with Gasteiger partial charge in [0.1, 0.15) is 30.0 Å². The number of fused-ring (bicyclic) bond motifs is 11. The highest BCUT2D eigenvalue weighted by Gasteiger charge is 2.33. The summed E-state index contributed by atoms with van der Waals surface area (Å²) < 4.78 is 11.1. The molecule has 0 fully saturated rings. The van der Waals surface area contributed by atoms with Crippen LogP contribution in [0.5, 0.6) is 5.75 Å². The molecule has 4 N–H and O–H groups in total. The summed E-state index contributed by atoms with van der Waals surface area (Å²) >= 11 is 0. The van der Waals surface area contributed by atoms with Crippen LogP contribution in [0.1, 0.15) is 22.8 Å². The minimum Gasteiger partial charge on any atom is -0.484 e. The van der Waals surface area contributed by atoms with Crippen LogP contribution in [0.25, 0.3) is 0 Å². The van der Waals surface area contributed by atoms with E-state index in [0.717, 1.165) is 16.7 Å². The number of amides is 2. The van der Waals surface area contributed by atoms with E-state index in [9.17, 15) is 14.4 Å². The maximum atomic E-state index is 13.4. The molecule has 2 heterocycles. The van der Waals surface area contributed by atoms with Crippen molar-refractivity contribution in [2.75, 3.05) is 7.11 Å². The topological polar surface area (TPSA) is 120 Å². The number of rotatable bonds is 4. The van der Waals surface area contributed by atoms with Crippen LogP contribution >= 0.6 is 0 Å². The summed E-state index contributed by atoms with van der Waals surface area (Å²) in [5.74, 6) is -1.13. The minimum absolute atomic E-state index is 0.212. The van der Waals surface area contributed by atoms with Crippen LogP contribution in [0.15, 0.2) is 84.9 Å². The van der Waals surface area contributed by atoms with Crippen LogP contribution in [0.3, 0.4) is 0 Å². The van der Waals surface area contributed by atoms with Gasteiger partial charge in [0.15, 0.2) is 0 Å². The van der Waals surface area contributed by atoms with E-state index < -0.39 is 42.0 Å². The van der Waals surface area contributed by atoms with Crippen molar-refractivity contribution in [3.05, 3.63) is 102 Å². The number of carbonyl (C=O) groups excluding carboxylic acids is 3. The molecule has 4 atom stereocenters. The molecule has 0 unspecified atom stereocenters. The summed E-state index contributed by atoms with van der Waals surface area (Å²) in [4.78, 5) is 39.2. The van der Waals surface area contributed by atoms with E-state index in [0.29, 0.717) is 5.75 Å². The molecule has 0 saturated carbocycles. The molecule has 0 aromatic heterocycles. The van der Waals surface area contributed by atoms with E-state index in [-0.39, 0.29) is 12.8 Å². The number of benzene rings is 3. The number of nitrogens with one attached hydrogen (secondary N) is 2. The molecule has 3 aromatic carbocycles. The van der Waals surface area contributed by atoms with Gasteiger partial charge >= 0.3 is 5.97 Å². The summed E-state index contributed by atoms with van der Waals surface area (Å²) in [5, 5.41) is 5.54. The zero-order valence-electron chi connectivity index (χ0n) is 19.9. The van der Waals surface area contributed by atoms with Crippen molar-refractivity contribution < 1.29 is 23.9 Å². The molecule has 8 heteroatoms. The molecule has 0 saturated heterocycles. The largest absolute Gasteiger partial charge is 0.484 e. The summed E-state index contributed by atoms with van der Waals surface area (Å²) in [6, 6.07) is 22.6. The minimum atomic E-state index is -1.11. The van der Waals surface area contributed by atoms with Crippen LogP contribution in [-0.2, 0) is 32.0 Å². The Kier molecular flexibility index (Phi) is 7.97. The maximum Gasteiger partial charge on any atom is 0.328 e. The van der Waals surface area contributed by atoms with Gasteiger partial charge in [0.25, 0.3) is 0 Å². The number of carbonyl (C=O) groups is 3. The third-order valence-electron chi connectivity index (χ3n) is 6.10.